The van der Waals surface area contributed by atoms with Crippen molar-refractivity contribution in [2.45, 2.75) is 27.0 Å². The first-order valence-electron chi connectivity index (χ1n) is 9.37. The number of rotatable bonds is 6. The number of ether oxygens (including phenoxy) is 1. The van der Waals surface area contributed by atoms with Crippen molar-refractivity contribution in [1.29, 1.82) is 0 Å². The standard InChI is InChI=1S/C22H21ClF2N2O2.C2H2/c1-13-8-15(4-7-19(13)26-3)11-27-14(2)9-20(21(23)22(27)28)29-12-16-5-6-17(24)10-18(16)25;1-2/h4-10,26H,11-12H2,1-3H3;1-2H. The molecule has 0 aliphatic rings. The topological polar surface area (TPSA) is 43.3 Å². The van der Waals surface area contributed by atoms with Gasteiger partial charge in [0.15, 0.2) is 0 Å². The Labute approximate surface area is 185 Å². The summed E-state index contributed by atoms with van der Waals surface area (Å²) in [7, 11) is 1.85. The van der Waals surface area contributed by atoms with Gasteiger partial charge in [-0.15, -0.1) is 12.8 Å². The normalized spacial score (nSPS) is 10.2. The minimum absolute atomic E-state index is 0.0818. The highest BCUT2D eigenvalue weighted by Gasteiger charge is 2.14. The number of anilines is 1. The van der Waals surface area contributed by atoms with E-state index in [0.29, 0.717) is 12.2 Å². The molecule has 0 unspecified atom stereocenters. The van der Waals surface area contributed by atoms with Crippen molar-refractivity contribution in [2.75, 3.05) is 12.4 Å². The zero-order valence-corrected chi connectivity index (χ0v) is 18.3. The number of aryl methyl sites for hydroxylation is 2. The molecular formula is C24H23ClF2N2O2. The number of halogens is 3. The zero-order valence-electron chi connectivity index (χ0n) is 17.5. The van der Waals surface area contributed by atoms with Crippen molar-refractivity contribution in [1.82, 2.24) is 4.57 Å². The number of aromatic nitrogens is 1. The maximum absolute atomic E-state index is 13.8. The molecule has 0 atom stereocenters. The molecule has 3 aromatic rings. The van der Waals surface area contributed by atoms with E-state index in [-0.39, 0.29) is 22.9 Å². The highest BCUT2D eigenvalue weighted by molar-refractivity contribution is 6.31. The molecule has 0 saturated heterocycles. The van der Waals surface area contributed by atoms with Crippen LogP contribution in [0.4, 0.5) is 14.5 Å². The molecule has 0 aliphatic heterocycles. The van der Waals surface area contributed by atoms with E-state index >= 15 is 0 Å². The lowest BCUT2D eigenvalue weighted by atomic mass is 10.1. The maximum atomic E-state index is 13.8. The number of nitrogens with zero attached hydrogens (tertiary/aromatic N) is 1. The lowest BCUT2D eigenvalue weighted by molar-refractivity contribution is 0.298. The molecule has 0 radical (unpaired) electrons. The van der Waals surface area contributed by atoms with Crippen molar-refractivity contribution in [3.63, 3.8) is 0 Å². The molecule has 0 saturated carbocycles. The Kier molecular flexibility index (Phi) is 8.23. The predicted octanol–water partition coefficient (Wildman–Crippen LogP) is 5.32. The van der Waals surface area contributed by atoms with E-state index in [2.05, 4.69) is 18.2 Å². The van der Waals surface area contributed by atoms with E-state index < -0.39 is 17.2 Å². The second kappa shape index (κ2) is 10.6. The van der Waals surface area contributed by atoms with E-state index in [1.54, 1.807) is 17.6 Å². The SMILES string of the molecule is C#C.CNc1ccc(Cn2c(C)cc(OCc3ccc(F)cc3F)c(Cl)c2=O)cc1C. The molecule has 1 aromatic heterocycles. The van der Waals surface area contributed by atoms with Crippen LogP contribution < -0.4 is 15.6 Å². The molecule has 3 rings (SSSR count). The van der Waals surface area contributed by atoms with E-state index in [4.69, 9.17) is 16.3 Å². The number of hydrogen-bond donors (Lipinski definition) is 1. The molecular weight excluding hydrogens is 422 g/mol. The fraction of sp³-hybridized carbons (Fsp3) is 0.208. The summed E-state index contributed by atoms with van der Waals surface area (Å²) in [6, 6.07) is 10.8. The number of pyridine rings is 1. The minimum Gasteiger partial charge on any atom is -0.487 e. The lowest BCUT2D eigenvalue weighted by Gasteiger charge is -2.15. The molecule has 0 fully saturated rings. The first-order valence-corrected chi connectivity index (χ1v) is 9.75. The van der Waals surface area contributed by atoms with Gasteiger partial charge >= 0.3 is 0 Å². The molecule has 4 nitrogen and oxygen atoms in total. The van der Waals surface area contributed by atoms with Gasteiger partial charge in [0.1, 0.15) is 29.0 Å². The summed E-state index contributed by atoms with van der Waals surface area (Å²) in [5.41, 5.74) is 3.49. The summed E-state index contributed by atoms with van der Waals surface area (Å²) in [4.78, 5) is 12.8. The molecule has 0 spiro atoms. The van der Waals surface area contributed by atoms with E-state index in [1.165, 1.54) is 6.07 Å². The fourth-order valence-electron chi connectivity index (χ4n) is 3.10. The molecule has 0 amide bonds. The molecule has 0 aliphatic carbocycles. The molecule has 7 heteroatoms. The van der Waals surface area contributed by atoms with Gasteiger partial charge in [-0.1, -0.05) is 23.7 Å². The van der Waals surface area contributed by atoms with Gasteiger partial charge in [-0.05, 0) is 43.2 Å². The van der Waals surface area contributed by atoms with Crippen LogP contribution in [0.3, 0.4) is 0 Å². The quantitative estimate of drug-likeness (QED) is 0.523. The Hall–Kier alpha value is -3.30. The van der Waals surface area contributed by atoms with Crippen molar-refractivity contribution >= 4 is 17.3 Å². The Bertz CT molecular complexity index is 1160. The van der Waals surface area contributed by atoms with Crippen LogP contribution >= 0.6 is 11.6 Å². The third-order valence-electron chi connectivity index (χ3n) is 4.71. The van der Waals surface area contributed by atoms with Crippen molar-refractivity contribution < 1.29 is 13.5 Å². The van der Waals surface area contributed by atoms with Gasteiger partial charge in [0.2, 0.25) is 0 Å². The van der Waals surface area contributed by atoms with Crippen LogP contribution in [0.15, 0.2) is 47.3 Å². The number of terminal acetylenes is 1. The summed E-state index contributed by atoms with van der Waals surface area (Å²) >= 11 is 6.22. The largest absolute Gasteiger partial charge is 0.487 e. The van der Waals surface area contributed by atoms with E-state index in [0.717, 1.165) is 28.9 Å². The smallest absolute Gasteiger partial charge is 0.273 e. The van der Waals surface area contributed by atoms with Crippen LogP contribution in [0.1, 0.15) is 22.4 Å². The van der Waals surface area contributed by atoms with Crippen molar-refractivity contribution in [3.8, 4) is 18.6 Å². The van der Waals surface area contributed by atoms with Gasteiger partial charge in [0, 0.05) is 36.1 Å². The van der Waals surface area contributed by atoms with Gasteiger partial charge < -0.3 is 14.6 Å². The van der Waals surface area contributed by atoms with Crippen LogP contribution in [0.5, 0.6) is 5.75 Å². The first-order chi connectivity index (χ1) is 14.8. The van der Waals surface area contributed by atoms with E-state index in [1.807, 2.05) is 32.2 Å². The molecule has 31 heavy (non-hydrogen) atoms. The number of hydrogen-bond acceptors (Lipinski definition) is 3. The summed E-state index contributed by atoms with van der Waals surface area (Å²) < 4.78 is 33.9. The third kappa shape index (κ3) is 5.65. The van der Waals surface area contributed by atoms with Gasteiger partial charge in [-0.2, -0.15) is 0 Å². The second-order valence-corrected chi connectivity index (χ2v) is 7.16. The van der Waals surface area contributed by atoms with Gasteiger partial charge in [-0.25, -0.2) is 8.78 Å². The lowest BCUT2D eigenvalue weighted by Crippen LogP contribution is -2.24. The van der Waals surface area contributed by atoms with Gasteiger partial charge in [-0.3, -0.25) is 4.79 Å². The minimum atomic E-state index is -0.716. The van der Waals surface area contributed by atoms with Crippen LogP contribution in [0.2, 0.25) is 5.02 Å². The molecule has 162 valence electrons. The Morgan fingerprint density at radius 2 is 1.81 bits per heavy atom. The second-order valence-electron chi connectivity index (χ2n) is 6.78. The Morgan fingerprint density at radius 1 is 1.10 bits per heavy atom. The molecule has 1 heterocycles. The number of benzene rings is 2. The summed E-state index contributed by atoms with van der Waals surface area (Å²) in [5, 5.41) is 3.02. The van der Waals surface area contributed by atoms with Gasteiger partial charge in [0.05, 0.1) is 6.54 Å². The molecule has 1 N–H and O–H groups in total. The third-order valence-corrected chi connectivity index (χ3v) is 5.06. The fourth-order valence-corrected chi connectivity index (χ4v) is 3.31. The van der Waals surface area contributed by atoms with Gasteiger partial charge in [0.25, 0.3) is 5.56 Å². The molecule has 2 aromatic carbocycles. The first kappa shape index (κ1) is 24.0. The monoisotopic (exact) mass is 444 g/mol. The number of nitrogens with one attached hydrogen (secondary N) is 1. The Balaban J connectivity index is 0.00000166. The summed E-state index contributed by atoms with van der Waals surface area (Å²) in [6.07, 6.45) is 8.00. The van der Waals surface area contributed by atoms with E-state index in [9.17, 15) is 13.6 Å². The molecule has 0 bridgehead atoms. The summed E-state index contributed by atoms with van der Waals surface area (Å²) in [6.45, 7) is 3.96. The van der Waals surface area contributed by atoms with Crippen molar-refractivity contribution in [3.05, 3.63) is 91.9 Å². The highest BCUT2D eigenvalue weighted by Crippen LogP contribution is 2.24. The average molecular weight is 445 g/mol. The van der Waals surface area contributed by atoms with Crippen molar-refractivity contribution in [2.24, 2.45) is 0 Å². The van der Waals surface area contributed by atoms with Crippen LogP contribution in [-0.2, 0) is 13.2 Å². The van der Waals surface area contributed by atoms with Crippen LogP contribution in [-0.4, -0.2) is 11.6 Å². The Morgan fingerprint density at radius 3 is 2.42 bits per heavy atom. The highest BCUT2D eigenvalue weighted by atomic mass is 35.5. The van der Waals surface area contributed by atoms with Crippen LogP contribution in [0.25, 0.3) is 0 Å². The average Bonchev–Trinajstić information content (AvgIpc) is 2.75. The predicted molar refractivity (Wildman–Crippen MR) is 121 cm³/mol. The maximum Gasteiger partial charge on any atom is 0.273 e. The van der Waals surface area contributed by atoms with Crippen LogP contribution in [0, 0.1) is 38.3 Å². The summed E-state index contributed by atoms with van der Waals surface area (Å²) in [5.74, 6) is -1.22. The zero-order chi connectivity index (χ0) is 23.1.